The Bertz CT molecular complexity index is 1240. The summed E-state index contributed by atoms with van der Waals surface area (Å²) in [5, 5.41) is 0. The van der Waals surface area contributed by atoms with E-state index >= 15 is 0 Å². The number of esters is 1. The normalized spacial score (nSPS) is 12.8. The van der Waals surface area contributed by atoms with Crippen molar-refractivity contribution in [3.05, 3.63) is 131 Å². The molecule has 184 valence electrons. The summed E-state index contributed by atoms with van der Waals surface area (Å²) in [5.74, 6) is -0.176. The molecule has 2 unspecified atom stereocenters. The van der Waals surface area contributed by atoms with Gasteiger partial charge in [0.15, 0.2) is 0 Å². The van der Waals surface area contributed by atoms with Gasteiger partial charge in [0.2, 0.25) is 0 Å². The molecule has 0 fully saturated rings. The van der Waals surface area contributed by atoms with Crippen LogP contribution in [0.4, 0.5) is 0 Å². The van der Waals surface area contributed by atoms with Crippen molar-refractivity contribution in [2.24, 2.45) is 0 Å². The molecule has 3 nitrogen and oxygen atoms in total. The summed E-state index contributed by atoms with van der Waals surface area (Å²) in [6, 6.07) is 37.8. The fourth-order valence-electron chi connectivity index (χ4n) is 4.96. The van der Waals surface area contributed by atoms with Gasteiger partial charge in [-0.1, -0.05) is 109 Å². The molecule has 0 bridgehead atoms. The molecule has 36 heavy (non-hydrogen) atoms. The summed E-state index contributed by atoms with van der Waals surface area (Å²) >= 11 is 0. The van der Waals surface area contributed by atoms with E-state index in [1.54, 1.807) is 0 Å². The fraction of sp³-hybridized carbons (Fsp3) is 0.242. The Hall–Kier alpha value is -3.69. The molecule has 0 spiro atoms. The van der Waals surface area contributed by atoms with Crippen molar-refractivity contribution in [3.8, 4) is 11.1 Å². The van der Waals surface area contributed by atoms with Gasteiger partial charge >= 0.3 is 5.97 Å². The van der Waals surface area contributed by atoms with Crippen LogP contribution in [0.2, 0.25) is 0 Å². The van der Waals surface area contributed by atoms with Crippen molar-refractivity contribution in [2.75, 3.05) is 6.61 Å². The average Bonchev–Trinajstić information content (AvgIpc) is 2.92. The number of hydrogen-bond acceptors (Lipinski definition) is 3. The van der Waals surface area contributed by atoms with Crippen molar-refractivity contribution in [2.45, 2.75) is 45.8 Å². The van der Waals surface area contributed by atoms with Crippen molar-refractivity contribution in [3.63, 3.8) is 0 Å². The Morgan fingerprint density at radius 2 is 1.42 bits per heavy atom. The van der Waals surface area contributed by atoms with Gasteiger partial charge < -0.3 is 4.74 Å². The van der Waals surface area contributed by atoms with Gasteiger partial charge in [0, 0.05) is 18.6 Å². The topological polar surface area (TPSA) is 29.5 Å². The molecule has 0 saturated carbocycles. The SMILES string of the molecule is CCOC(=O)CC(c1cccc(-c2ccccc2)c1C)N(Cc1ccccc1)C(C)c1ccccc1. The van der Waals surface area contributed by atoms with Crippen LogP contribution in [0.15, 0.2) is 109 Å². The number of nitrogens with zero attached hydrogens (tertiary/aromatic N) is 1. The van der Waals surface area contributed by atoms with E-state index in [1.165, 1.54) is 27.8 Å². The van der Waals surface area contributed by atoms with E-state index in [-0.39, 0.29) is 24.5 Å². The Morgan fingerprint density at radius 3 is 2.06 bits per heavy atom. The van der Waals surface area contributed by atoms with Crippen molar-refractivity contribution in [1.82, 2.24) is 4.90 Å². The molecule has 0 radical (unpaired) electrons. The maximum Gasteiger partial charge on any atom is 0.307 e. The molecule has 0 heterocycles. The molecule has 0 saturated heterocycles. The number of carbonyl (C=O) groups is 1. The fourth-order valence-corrected chi connectivity index (χ4v) is 4.96. The minimum atomic E-state index is -0.176. The minimum absolute atomic E-state index is 0.0885. The molecule has 0 aliphatic rings. The standard InChI is InChI=1S/C33H35NO2/c1-4-36-33(35)23-32(31-22-14-21-30(25(31)2)29-19-12-7-13-20-29)34(24-27-15-8-5-9-16-27)26(3)28-17-10-6-11-18-28/h5-22,26,32H,4,23-24H2,1-3H3. The summed E-state index contributed by atoms with van der Waals surface area (Å²) in [6.45, 7) is 7.36. The highest BCUT2D eigenvalue weighted by molar-refractivity contribution is 5.72. The van der Waals surface area contributed by atoms with Gasteiger partial charge in [-0.2, -0.15) is 0 Å². The van der Waals surface area contributed by atoms with Crippen molar-refractivity contribution < 1.29 is 9.53 Å². The minimum Gasteiger partial charge on any atom is -0.466 e. The van der Waals surface area contributed by atoms with Gasteiger partial charge in [0.1, 0.15) is 0 Å². The van der Waals surface area contributed by atoms with Crippen LogP contribution in [0.3, 0.4) is 0 Å². The molecule has 0 aliphatic heterocycles. The molecular weight excluding hydrogens is 442 g/mol. The van der Waals surface area contributed by atoms with E-state index in [0.29, 0.717) is 6.61 Å². The molecule has 3 heteroatoms. The second-order valence-electron chi connectivity index (χ2n) is 9.16. The number of benzene rings is 4. The first-order chi connectivity index (χ1) is 17.6. The van der Waals surface area contributed by atoms with Gasteiger partial charge in [-0.15, -0.1) is 0 Å². The van der Waals surface area contributed by atoms with E-state index in [1.807, 2.05) is 25.1 Å². The van der Waals surface area contributed by atoms with Crippen LogP contribution in [0, 0.1) is 6.92 Å². The average molecular weight is 478 g/mol. The first kappa shape index (κ1) is 25.4. The van der Waals surface area contributed by atoms with E-state index in [4.69, 9.17) is 4.74 Å². The van der Waals surface area contributed by atoms with Gasteiger partial charge in [0.05, 0.1) is 13.0 Å². The zero-order chi connectivity index (χ0) is 25.3. The van der Waals surface area contributed by atoms with Crippen LogP contribution in [-0.4, -0.2) is 17.5 Å². The highest BCUT2D eigenvalue weighted by Crippen LogP contribution is 2.38. The van der Waals surface area contributed by atoms with Crippen molar-refractivity contribution in [1.29, 1.82) is 0 Å². The van der Waals surface area contributed by atoms with E-state index in [2.05, 4.69) is 110 Å². The molecular formula is C33H35NO2. The maximum atomic E-state index is 13.0. The van der Waals surface area contributed by atoms with Gasteiger partial charge in [-0.3, -0.25) is 9.69 Å². The molecule has 0 N–H and O–H groups in total. The van der Waals surface area contributed by atoms with Crippen LogP contribution < -0.4 is 0 Å². The van der Waals surface area contributed by atoms with Crippen LogP contribution in [0.1, 0.15) is 54.6 Å². The molecule has 0 aliphatic carbocycles. The highest BCUT2D eigenvalue weighted by atomic mass is 16.5. The lowest BCUT2D eigenvalue weighted by Gasteiger charge is -2.38. The third-order valence-corrected chi connectivity index (χ3v) is 6.87. The number of hydrogen-bond donors (Lipinski definition) is 0. The van der Waals surface area contributed by atoms with Gasteiger partial charge in [-0.05, 0) is 54.2 Å². The maximum absolute atomic E-state index is 13.0. The number of carbonyl (C=O) groups excluding carboxylic acids is 1. The molecule has 0 amide bonds. The Labute approximate surface area is 215 Å². The second kappa shape index (κ2) is 12.3. The smallest absolute Gasteiger partial charge is 0.307 e. The van der Waals surface area contributed by atoms with E-state index in [9.17, 15) is 4.79 Å². The number of rotatable bonds is 10. The van der Waals surface area contributed by atoms with Crippen LogP contribution in [-0.2, 0) is 16.1 Å². The van der Waals surface area contributed by atoms with E-state index in [0.717, 1.165) is 12.1 Å². The Balaban J connectivity index is 1.83. The lowest BCUT2D eigenvalue weighted by Crippen LogP contribution is -2.33. The summed E-state index contributed by atoms with van der Waals surface area (Å²) in [7, 11) is 0. The van der Waals surface area contributed by atoms with Crippen molar-refractivity contribution >= 4 is 5.97 Å². The van der Waals surface area contributed by atoms with E-state index < -0.39 is 0 Å². The summed E-state index contributed by atoms with van der Waals surface area (Å²) in [6.07, 6.45) is 0.289. The Kier molecular flexibility index (Phi) is 8.70. The predicted molar refractivity (Wildman–Crippen MR) is 147 cm³/mol. The first-order valence-electron chi connectivity index (χ1n) is 12.7. The zero-order valence-electron chi connectivity index (χ0n) is 21.4. The van der Waals surface area contributed by atoms with Crippen LogP contribution in [0.25, 0.3) is 11.1 Å². The number of ether oxygens (including phenoxy) is 1. The summed E-state index contributed by atoms with van der Waals surface area (Å²) < 4.78 is 5.47. The predicted octanol–water partition coefficient (Wildman–Crippen LogP) is 7.92. The first-order valence-corrected chi connectivity index (χ1v) is 12.7. The second-order valence-corrected chi connectivity index (χ2v) is 9.16. The molecule has 4 aromatic carbocycles. The van der Waals surface area contributed by atoms with Gasteiger partial charge in [-0.25, -0.2) is 0 Å². The summed E-state index contributed by atoms with van der Waals surface area (Å²) in [5.41, 5.74) is 7.15. The quantitative estimate of drug-likeness (QED) is 0.217. The molecule has 4 aromatic rings. The Morgan fingerprint density at radius 1 is 0.806 bits per heavy atom. The monoisotopic (exact) mass is 477 g/mol. The molecule has 2 atom stereocenters. The highest BCUT2D eigenvalue weighted by Gasteiger charge is 2.30. The zero-order valence-corrected chi connectivity index (χ0v) is 21.4. The van der Waals surface area contributed by atoms with Crippen LogP contribution >= 0.6 is 0 Å². The third-order valence-electron chi connectivity index (χ3n) is 6.87. The third kappa shape index (κ3) is 6.10. The lowest BCUT2D eigenvalue weighted by atomic mass is 9.89. The van der Waals surface area contributed by atoms with Crippen LogP contribution in [0.5, 0.6) is 0 Å². The molecule has 4 rings (SSSR count). The van der Waals surface area contributed by atoms with Gasteiger partial charge in [0.25, 0.3) is 0 Å². The lowest BCUT2D eigenvalue weighted by molar-refractivity contribution is -0.145. The molecule has 0 aromatic heterocycles. The largest absolute Gasteiger partial charge is 0.466 e. The summed E-state index contributed by atoms with van der Waals surface area (Å²) in [4.78, 5) is 15.4.